The molecule has 254 valence electrons. The van der Waals surface area contributed by atoms with E-state index >= 15 is 0 Å². The highest BCUT2D eigenvalue weighted by atomic mass is 15.1. The molecule has 0 unspecified atom stereocenters. The van der Waals surface area contributed by atoms with E-state index in [1.807, 2.05) is 48.5 Å². The van der Waals surface area contributed by atoms with Gasteiger partial charge in [0.15, 0.2) is 16.9 Å². The molecule has 6 nitrogen and oxygen atoms in total. The average molecular weight is 694 g/mol. The maximum Gasteiger partial charge on any atom is 0.292 e. The molecule has 0 saturated carbocycles. The van der Waals surface area contributed by atoms with Crippen LogP contribution in [0.15, 0.2) is 194 Å². The molecule has 0 amide bonds. The quantitative estimate of drug-likeness (QED) is 0.169. The van der Waals surface area contributed by atoms with Crippen LogP contribution in [0, 0.1) is 0 Å². The molecule has 0 radical (unpaired) electrons. The summed E-state index contributed by atoms with van der Waals surface area (Å²) in [6.45, 7) is 0. The van der Waals surface area contributed by atoms with Crippen molar-refractivity contribution in [1.82, 2.24) is 24.5 Å². The second-order valence-corrected chi connectivity index (χ2v) is 13.2. The molecule has 0 aliphatic rings. The molecule has 0 atom stereocenters. The van der Waals surface area contributed by atoms with E-state index in [1.54, 1.807) is 0 Å². The van der Waals surface area contributed by atoms with E-state index in [0.717, 1.165) is 84.3 Å². The first-order valence-electron chi connectivity index (χ1n) is 18.0. The third-order valence-electron chi connectivity index (χ3n) is 9.86. The van der Waals surface area contributed by atoms with Crippen molar-refractivity contribution in [2.45, 2.75) is 0 Å². The van der Waals surface area contributed by atoms with Crippen LogP contribution >= 0.6 is 0 Å². The second-order valence-electron chi connectivity index (χ2n) is 13.2. The summed E-state index contributed by atoms with van der Waals surface area (Å²) in [5.41, 5.74) is 13.2. The monoisotopic (exact) mass is 693 g/mol. The lowest BCUT2D eigenvalue weighted by atomic mass is 10.1. The van der Waals surface area contributed by atoms with Gasteiger partial charge >= 0.3 is 0 Å². The minimum absolute atomic E-state index is 0.678. The Kier molecular flexibility index (Phi) is 7.69. The number of benzene rings is 7. The summed E-state index contributed by atoms with van der Waals surface area (Å²) in [6.07, 6.45) is 0. The highest BCUT2D eigenvalue weighted by Crippen LogP contribution is 2.33. The molecule has 54 heavy (non-hydrogen) atoms. The van der Waals surface area contributed by atoms with E-state index in [2.05, 4.69) is 160 Å². The van der Waals surface area contributed by atoms with Crippen LogP contribution in [-0.4, -0.2) is 24.5 Å². The summed E-state index contributed by atoms with van der Waals surface area (Å²) in [5, 5.41) is 0. The number of hydrogen-bond donors (Lipinski definition) is 1. The van der Waals surface area contributed by atoms with Crippen molar-refractivity contribution in [3.63, 3.8) is 0 Å². The van der Waals surface area contributed by atoms with Gasteiger partial charge in [-0.25, -0.2) is 19.9 Å². The third kappa shape index (κ3) is 5.63. The third-order valence-corrected chi connectivity index (χ3v) is 9.86. The van der Waals surface area contributed by atoms with Crippen LogP contribution in [0.2, 0.25) is 0 Å². The largest absolute Gasteiger partial charge is 0.292 e. The van der Waals surface area contributed by atoms with Crippen LogP contribution in [0.3, 0.4) is 0 Å². The SMILES string of the molecule is c1ccc(-c2cc(-c3ccccc3)nc(-c3ccc(-n4c(-c5ccc(-c6[nH]c7ccccc7[n+]6-c6ccccc6)cc5)nc5ccccc54)cc3)n2)cc1. The number of nitrogens with zero attached hydrogens (tertiary/aromatic N) is 5. The normalized spacial score (nSPS) is 11.3. The number of aromatic amines is 1. The number of hydrogen-bond acceptors (Lipinski definition) is 3. The van der Waals surface area contributed by atoms with Crippen molar-refractivity contribution >= 4 is 22.1 Å². The van der Waals surface area contributed by atoms with Crippen LogP contribution in [0.5, 0.6) is 0 Å². The molecule has 0 bridgehead atoms. The molecule has 10 aromatic rings. The van der Waals surface area contributed by atoms with Gasteiger partial charge in [-0.2, -0.15) is 4.57 Å². The number of aromatic nitrogens is 6. The molecule has 1 N–H and O–H groups in total. The Hall–Kier alpha value is -7.44. The zero-order valence-corrected chi connectivity index (χ0v) is 29.2. The Labute approximate surface area is 312 Å². The topological polar surface area (TPSA) is 63.3 Å². The van der Waals surface area contributed by atoms with Crippen LogP contribution in [0.4, 0.5) is 0 Å². The van der Waals surface area contributed by atoms with Gasteiger partial charge in [0.2, 0.25) is 0 Å². The first kappa shape index (κ1) is 31.3. The van der Waals surface area contributed by atoms with Crippen LogP contribution in [0.1, 0.15) is 0 Å². The van der Waals surface area contributed by atoms with E-state index in [4.69, 9.17) is 15.0 Å². The summed E-state index contributed by atoms with van der Waals surface area (Å²) in [5.74, 6) is 2.57. The standard InChI is InChI=1S/C48H32N6/c1-4-14-33(15-5-1)42-32-43(34-16-6-2-7-17-34)50-46(49-42)35-28-30-39(31-29-35)54-45-23-13-11-21-41(45)52-48(54)37-26-24-36(25-27-37)47-51-40-20-10-12-22-44(40)53(47)38-18-8-3-9-19-38/h1-32H/p+1. The van der Waals surface area contributed by atoms with E-state index in [-0.39, 0.29) is 0 Å². The number of H-pyrrole nitrogens is 1. The van der Waals surface area contributed by atoms with Gasteiger partial charge in [0.1, 0.15) is 11.5 Å². The van der Waals surface area contributed by atoms with E-state index in [9.17, 15) is 0 Å². The van der Waals surface area contributed by atoms with Crippen LogP contribution in [-0.2, 0) is 0 Å². The number of rotatable bonds is 7. The fourth-order valence-electron chi connectivity index (χ4n) is 7.23. The molecule has 7 aromatic carbocycles. The molecular weight excluding hydrogens is 661 g/mol. The minimum atomic E-state index is 0.678. The Morgan fingerprint density at radius 2 is 1.00 bits per heavy atom. The molecule has 0 saturated heterocycles. The molecular formula is C48H33N6+. The smallest absolute Gasteiger partial charge is 0.292 e. The Bertz CT molecular complexity index is 2840. The molecule has 6 heteroatoms. The fraction of sp³-hybridized carbons (Fsp3) is 0. The molecule has 10 rings (SSSR count). The van der Waals surface area contributed by atoms with Crippen molar-refractivity contribution in [2.75, 3.05) is 0 Å². The van der Waals surface area contributed by atoms with E-state index < -0.39 is 0 Å². The summed E-state index contributed by atoms with van der Waals surface area (Å²) >= 11 is 0. The lowest BCUT2D eigenvalue weighted by Crippen LogP contribution is -2.31. The molecule has 0 aliphatic carbocycles. The number of nitrogens with one attached hydrogen (secondary N) is 1. The molecule has 0 aliphatic heterocycles. The van der Waals surface area contributed by atoms with Gasteiger partial charge in [0, 0.05) is 27.9 Å². The zero-order valence-electron chi connectivity index (χ0n) is 29.2. The zero-order chi connectivity index (χ0) is 35.8. The van der Waals surface area contributed by atoms with Crippen LogP contribution in [0.25, 0.3) is 90.1 Å². The Morgan fingerprint density at radius 3 is 1.69 bits per heavy atom. The number of fused-ring (bicyclic) bond motifs is 2. The highest BCUT2D eigenvalue weighted by Gasteiger charge is 2.23. The highest BCUT2D eigenvalue weighted by molar-refractivity contribution is 5.84. The summed E-state index contributed by atoms with van der Waals surface area (Å²) in [7, 11) is 0. The predicted molar refractivity (Wildman–Crippen MR) is 217 cm³/mol. The first-order chi connectivity index (χ1) is 26.8. The predicted octanol–water partition coefficient (Wildman–Crippen LogP) is 10.9. The van der Waals surface area contributed by atoms with E-state index in [0.29, 0.717) is 5.82 Å². The number of imidazole rings is 2. The van der Waals surface area contributed by atoms with Crippen molar-refractivity contribution < 1.29 is 4.57 Å². The van der Waals surface area contributed by atoms with Crippen molar-refractivity contribution in [3.8, 4) is 68.1 Å². The maximum absolute atomic E-state index is 5.16. The molecule has 3 heterocycles. The number of para-hydroxylation sites is 5. The van der Waals surface area contributed by atoms with Gasteiger partial charge in [-0.05, 0) is 78.9 Å². The van der Waals surface area contributed by atoms with Crippen molar-refractivity contribution in [3.05, 3.63) is 194 Å². The molecule has 0 spiro atoms. The summed E-state index contributed by atoms with van der Waals surface area (Å²) < 4.78 is 4.51. The second kappa shape index (κ2) is 13.3. The van der Waals surface area contributed by atoms with Gasteiger partial charge in [-0.15, -0.1) is 0 Å². The van der Waals surface area contributed by atoms with E-state index in [1.165, 1.54) is 0 Å². The van der Waals surface area contributed by atoms with Crippen LogP contribution < -0.4 is 4.57 Å². The maximum atomic E-state index is 5.16. The van der Waals surface area contributed by atoms with Gasteiger partial charge in [0.05, 0.1) is 28.0 Å². The average Bonchev–Trinajstić information content (AvgIpc) is 3.84. The fourth-order valence-corrected chi connectivity index (χ4v) is 7.23. The van der Waals surface area contributed by atoms with Gasteiger partial charge < -0.3 is 0 Å². The summed E-state index contributed by atoms with van der Waals surface area (Å²) in [4.78, 5) is 18.9. The Morgan fingerprint density at radius 1 is 0.444 bits per heavy atom. The lowest BCUT2D eigenvalue weighted by Gasteiger charge is -2.12. The van der Waals surface area contributed by atoms with Crippen molar-refractivity contribution in [2.24, 2.45) is 0 Å². The minimum Gasteiger partial charge on any atom is -0.292 e. The van der Waals surface area contributed by atoms with Gasteiger partial charge in [-0.3, -0.25) is 4.57 Å². The van der Waals surface area contributed by atoms with Crippen molar-refractivity contribution in [1.29, 1.82) is 0 Å². The summed E-state index contributed by atoms with van der Waals surface area (Å²) in [6, 6.07) is 67.0. The molecule has 3 aromatic heterocycles. The van der Waals surface area contributed by atoms with Gasteiger partial charge in [-0.1, -0.05) is 115 Å². The Balaban J connectivity index is 1.05. The lowest BCUT2D eigenvalue weighted by molar-refractivity contribution is -0.554. The van der Waals surface area contributed by atoms with Gasteiger partial charge in [0.25, 0.3) is 5.82 Å². The first-order valence-corrected chi connectivity index (χ1v) is 18.0. The molecule has 0 fully saturated rings.